The molecule has 158 valence electrons. The SMILES string of the molecule is CCc1cc(F)cc(-c2ccc3c(c2)CN(C(=O)CCCC2CC=NC(C#N)=N2)C3)c1. The van der Waals surface area contributed by atoms with Crippen LogP contribution in [0.5, 0.6) is 0 Å². The molecule has 5 nitrogen and oxygen atoms in total. The van der Waals surface area contributed by atoms with Crippen LogP contribution in [0.3, 0.4) is 0 Å². The molecular weight excluding hydrogens is 391 g/mol. The van der Waals surface area contributed by atoms with Crippen molar-refractivity contribution in [3.63, 3.8) is 0 Å². The van der Waals surface area contributed by atoms with Gasteiger partial charge in [0.2, 0.25) is 11.7 Å². The predicted molar refractivity (Wildman–Crippen MR) is 119 cm³/mol. The number of hydrogen-bond donors (Lipinski definition) is 0. The Hall–Kier alpha value is -3.33. The van der Waals surface area contributed by atoms with Crippen molar-refractivity contribution in [1.82, 2.24) is 4.90 Å². The van der Waals surface area contributed by atoms with Gasteiger partial charge in [-0.2, -0.15) is 5.26 Å². The highest BCUT2D eigenvalue weighted by atomic mass is 19.1. The monoisotopic (exact) mass is 416 g/mol. The molecule has 1 amide bonds. The highest BCUT2D eigenvalue weighted by Crippen LogP contribution is 2.30. The number of nitriles is 1. The first kappa shape index (κ1) is 20.9. The molecule has 6 heteroatoms. The van der Waals surface area contributed by atoms with Crippen molar-refractivity contribution in [3.8, 4) is 17.2 Å². The number of aliphatic imine (C=N–C) groups is 2. The number of benzene rings is 2. The van der Waals surface area contributed by atoms with Crippen LogP contribution in [0, 0.1) is 17.1 Å². The van der Waals surface area contributed by atoms with Gasteiger partial charge in [-0.25, -0.2) is 9.38 Å². The average Bonchev–Trinajstić information content (AvgIpc) is 3.22. The average molecular weight is 417 g/mol. The van der Waals surface area contributed by atoms with E-state index in [0.29, 0.717) is 19.5 Å². The Morgan fingerprint density at radius 2 is 2.03 bits per heavy atom. The van der Waals surface area contributed by atoms with Crippen molar-refractivity contribution in [1.29, 1.82) is 5.26 Å². The van der Waals surface area contributed by atoms with Crippen LogP contribution in [0.4, 0.5) is 4.39 Å². The first-order valence-electron chi connectivity index (χ1n) is 10.8. The van der Waals surface area contributed by atoms with Gasteiger partial charge in [0.15, 0.2) is 0 Å². The van der Waals surface area contributed by atoms with E-state index in [2.05, 4.69) is 16.1 Å². The molecule has 0 spiro atoms. The molecule has 2 aromatic rings. The van der Waals surface area contributed by atoms with Crippen LogP contribution in [-0.4, -0.2) is 28.9 Å². The summed E-state index contributed by atoms with van der Waals surface area (Å²) in [5.41, 5.74) is 5.10. The smallest absolute Gasteiger partial charge is 0.227 e. The first-order valence-corrected chi connectivity index (χ1v) is 10.8. The molecule has 0 aromatic heterocycles. The maximum atomic E-state index is 14.0. The third-order valence-corrected chi connectivity index (χ3v) is 5.90. The van der Waals surface area contributed by atoms with Gasteiger partial charge in [0.25, 0.3) is 0 Å². The fourth-order valence-corrected chi connectivity index (χ4v) is 4.18. The molecule has 1 unspecified atom stereocenters. The van der Waals surface area contributed by atoms with Gasteiger partial charge in [-0.15, -0.1) is 0 Å². The minimum atomic E-state index is -0.220. The summed E-state index contributed by atoms with van der Waals surface area (Å²) in [6.45, 7) is 3.22. The minimum absolute atomic E-state index is 0.0394. The molecule has 0 aliphatic carbocycles. The van der Waals surface area contributed by atoms with Crippen LogP contribution in [0.2, 0.25) is 0 Å². The van der Waals surface area contributed by atoms with Crippen LogP contribution in [0.15, 0.2) is 46.4 Å². The van der Waals surface area contributed by atoms with Gasteiger partial charge in [0.05, 0.1) is 6.04 Å². The number of hydrogen-bond acceptors (Lipinski definition) is 4. The fraction of sp³-hybridized carbons (Fsp3) is 0.360. The van der Waals surface area contributed by atoms with E-state index in [0.717, 1.165) is 53.5 Å². The lowest BCUT2D eigenvalue weighted by Gasteiger charge is -2.17. The molecule has 0 fully saturated rings. The molecule has 0 saturated carbocycles. The maximum absolute atomic E-state index is 14.0. The Bertz CT molecular complexity index is 1100. The summed E-state index contributed by atoms with van der Waals surface area (Å²) in [4.78, 5) is 22.8. The van der Waals surface area contributed by atoms with Gasteiger partial charge in [0, 0.05) is 32.1 Å². The molecule has 2 aliphatic heterocycles. The van der Waals surface area contributed by atoms with Crippen molar-refractivity contribution in [2.75, 3.05) is 0 Å². The van der Waals surface area contributed by atoms with Crippen molar-refractivity contribution in [2.24, 2.45) is 9.98 Å². The van der Waals surface area contributed by atoms with Crippen molar-refractivity contribution in [2.45, 2.75) is 58.2 Å². The van der Waals surface area contributed by atoms with E-state index in [4.69, 9.17) is 5.26 Å². The fourth-order valence-electron chi connectivity index (χ4n) is 4.18. The lowest BCUT2D eigenvalue weighted by Crippen LogP contribution is -2.25. The third kappa shape index (κ3) is 4.88. The lowest BCUT2D eigenvalue weighted by atomic mass is 9.98. The van der Waals surface area contributed by atoms with Gasteiger partial charge >= 0.3 is 0 Å². The van der Waals surface area contributed by atoms with Gasteiger partial charge < -0.3 is 4.90 Å². The lowest BCUT2D eigenvalue weighted by molar-refractivity contribution is -0.131. The topological polar surface area (TPSA) is 68.8 Å². The van der Waals surface area contributed by atoms with Crippen LogP contribution in [0.1, 0.15) is 49.3 Å². The Morgan fingerprint density at radius 3 is 2.84 bits per heavy atom. The zero-order valence-electron chi connectivity index (χ0n) is 17.6. The summed E-state index contributed by atoms with van der Waals surface area (Å²) in [6.07, 6.45) is 5.21. The first-order chi connectivity index (χ1) is 15.1. The number of aryl methyl sites for hydroxylation is 1. The summed E-state index contributed by atoms with van der Waals surface area (Å²) < 4.78 is 14.0. The third-order valence-electron chi connectivity index (χ3n) is 5.90. The van der Waals surface area contributed by atoms with Gasteiger partial charge in [-0.1, -0.05) is 25.1 Å². The standard InChI is InChI=1S/C25H25FN4O/c1-2-17-10-20(13-22(26)11-17)18-6-7-19-15-30(16-21(19)12-18)25(31)5-3-4-23-8-9-28-24(14-27)29-23/h6-7,9-13,23H,2-5,8,15-16H2,1H3. The highest BCUT2D eigenvalue weighted by molar-refractivity contribution is 6.02. The zero-order valence-corrected chi connectivity index (χ0v) is 17.6. The van der Waals surface area contributed by atoms with Crippen molar-refractivity contribution >= 4 is 18.0 Å². The highest BCUT2D eigenvalue weighted by Gasteiger charge is 2.24. The van der Waals surface area contributed by atoms with Crippen LogP contribution < -0.4 is 0 Å². The number of fused-ring (bicyclic) bond motifs is 1. The van der Waals surface area contributed by atoms with Crippen LogP contribution in [-0.2, 0) is 24.3 Å². The molecule has 2 aromatic carbocycles. The number of carbonyl (C=O) groups is 1. The maximum Gasteiger partial charge on any atom is 0.227 e. The summed E-state index contributed by atoms with van der Waals surface area (Å²) in [5, 5.41) is 8.91. The Labute approximate surface area is 181 Å². The molecule has 31 heavy (non-hydrogen) atoms. The number of amides is 1. The second kappa shape index (κ2) is 9.22. The number of amidine groups is 1. The minimum Gasteiger partial charge on any atom is -0.334 e. The quantitative estimate of drug-likeness (QED) is 0.677. The van der Waals surface area contributed by atoms with Gasteiger partial charge in [0.1, 0.15) is 11.9 Å². The molecule has 0 bridgehead atoms. The molecule has 1 atom stereocenters. The van der Waals surface area contributed by atoms with E-state index >= 15 is 0 Å². The van der Waals surface area contributed by atoms with E-state index in [9.17, 15) is 9.18 Å². The molecule has 2 aliphatic rings. The molecule has 0 radical (unpaired) electrons. The Morgan fingerprint density at radius 1 is 1.19 bits per heavy atom. The van der Waals surface area contributed by atoms with E-state index in [1.165, 1.54) is 0 Å². The summed E-state index contributed by atoms with van der Waals surface area (Å²) in [5.74, 6) is 0.130. The second-order valence-corrected chi connectivity index (χ2v) is 8.09. The largest absolute Gasteiger partial charge is 0.334 e. The summed E-state index contributed by atoms with van der Waals surface area (Å²) in [6, 6.07) is 13.3. The van der Waals surface area contributed by atoms with Crippen LogP contribution >= 0.6 is 0 Å². The van der Waals surface area contributed by atoms with E-state index in [1.54, 1.807) is 18.3 Å². The number of nitrogens with zero attached hydrogens (tertiary/aromatic N) is 4. The van der Waals surface area contributed by atoms with E-state index < -0.39 is 0 Å². The summed E-state index contributed by atoms with van der Waals surface area (Å²) in [7, 11) is 0. The Balaban J connectivity index is 1.36. The van der Waals surface area contributed by atoms with Gasteiger partial charge in [-0.05, 0) is 65.3 Å². The van der Waals surface area contributed by atoms with E-state index in [-0.39, 0.29) is 23.6 Å². The molecule has 2 heterocycles. The molecule has 4 rings (SSSR count). The van der Waals surface area contributed by atoms with Gasteiger partial charge in [-0.3, -0.25) is 9.79 Å². The molecule has 0 N–H and O–H groups in total. The number of halogens is 1. The molecular formula is C25H25FN4O. The Kier molecular flexibility index (Phi) is 6.22. The van der Waals surface area contributed by atoms with Crippen molar-refractivity contribution < 1.29 is 9.18 Å². The van der Waals surface area contributed by atoms with Crippen molar-refractivity contribution in [3.05, 3.63) is 58.9 Å². The molecule has 0 saturated heterocycles. The normalized spacial score (nSPS) is 17.3. The number of carbonyl (C=O) groups excluding carboxylic acids is 1. The summed E-state index contributed by atoms with van der Waals surface area (Å²) >= 11 is 0. The number of rotatable bonds is 6. The second-order valence-electron chi connectivity index (χ2n) is 8.09. The predicted octanol–water partition coefficient (Wildman–Crippen LogP) is 4.83. The zero-order chi connectivity index (χ0) is 21.8. The van der Waals surface area contributed by atoms with E-state index in [1.807, 2.05) is 36.1 Å². The van der Waals surface area contributed by atoms with Crippen LogP contribution in [0.25, 0.3) is 11.1 Å².